The molecule has 1 aromatic rings. The van der Waals surface area contributed by atoms with Crippen molar-refractivity contribution in [3.05, 3.63) is 29.8 Å². The second kappa shape index (κ2) is 7.97. The third kappa shape index (κ3) is 4.58. The number of rotatable bonds is 5. The average Bonchev–Trinajstić information content (AvgIpc) is 2.79. The summed E-state index contributed by atoms with van der Waals surface area (Å²) in [5, 5.41) is 0. The van der Waals surface area contributed by atoms with Crippen LogP contribution in [-0.2, 0) is 9.59 Å². The number of ether oxygens (including phenoxy) is 1. The summed E-state index contributed by atoms with van der Waals surface area (Å²) < 4.78 is 5.20. The molecule has 1 unspecified atom stereocenters. The first-order valence-corrected chi connectivity index (χ1v) is 8.01. The van der Waals surface area contributed by atoms with Gasteiger partial charge in [-0.05, 0) is 37.5 Å². The fourth-order valence-corrected chi connectivity index (χ4v) is 2.96. The molecule has 120 valence electrons. The number of hydrogen-bond acceptors (Lipinski definition) is 3. The lowest BCUT2D eigenvalue weighted by atomic mass is 9.94. The molecule has 4 nitrogen and oxygen atoms in total. The van der Waals surface area contributed by atoms with Gasteiger partial charge in [-0.2, -0.15) is 0 Å². The standard InChI is InChI=1S/C18H25NO3/c1-14(20)6-11-18(21)19-12-4-3-5-16(13-19)15-7-9-17(22-2)10-8-15/h7-10,16H,3-6,11-13H2,1-2H3. The van der Waals surface area contributed by atoms with Gasteiger partial charge in [-0.3, -0.25) is 4.79 Å². The molecule has 0 spiro atoms. The van der Waals surface area contributed by atoms with Gasteiger partial charge in [-0.25, -0.2) is 0 Å². The number of amides is 1. The fourth-order valence-electron chi connectivity index (χ4n) is 2.96. The van der Waals surface area contributed by atoms with Gasteiger partial charge in [0.15, 0.2) is 0 Å². The summed E-state index contributed by atoms with van der Waals surface area (Å²) in [4.78, 5) is 25.3. The first-order valence-electron chi connectivity index (χ1n) is 8.01. The number of likely N-dealkylation sites (tertiary alicyclic amines) is 1. The Morgan fingerprint density at radius 1 is 1.18 bits per heavy atom. The van der Waals surface area contributed by atoms with Crippen molar-refractivity contribution in [3.8, 4) is 5.75 Å². The average molecular weight is 303 g/mol. The van der Waals surface area contributed by atoms with E-state index in [2.05, 4.69) is 12.1 Å². The molecule has 0 bridgehead atoms. The minimum atomic E-state index is 0.0786. The number of carbonyl (C=O) groups excluding carboxylic acids is 2. The smallest absolute Gasteiger partial charge is 0.223 e. The van der Waals surface area contributed by atoms with Gasteiger partial charge >= 0.3 is 0 Å². The monoisotopic (exact) mass is 303 g/mol. The molecule has 4 heteroatoms. The van der Waals surface area contributed by atoms with Crippen molar-refractivity contribution in [1.29, 1.82) is 0 Å². The maximum Gasteiger partial charge on any atom is 0.223 e. The van der Waals surface area contributed by atoms with Gasteiger partial charge in [0.2, 0.25) is 5.91 Å². The highest BCUT2D eigenvalue weighted by Crippen LogP contribution is 2.28. The van der Waals surface area contributed by atoms with Crippen molar-refractivity contribution in [2.24, 2.45) is 0 Å². The predicted molar refractivity (Wildman–Crippen MR) is 86.1 cm³/mol. The number of hydrogen-bond donors (Lipinski definition) is 0. The van der Waals surface area contributed by atoms with Crippen molar-refractivity contribution in [2.45, 2.75) is 44.9 Å². The molecule has 1 aliphatic heterocycles. The van der Waals surface area contributed by atoms with Crippen LogP contribution in [0.3, 0.4) is 0 Å². The van der Waals surface area contributed by atoms with E-state index in [1.165, 1.54) is 12.5 Å². The summed E-state index contributed by atoms with van der Waals surface area (Å²) >= 11 is 0. The van der Waals surface area contributed by atoms with Crippen LogP contribution in [0, 0.1) is 0 Å². The molecule has 1 aliphatic rings. The van der Waals surface area contributed by atoms with E-state index >= 15 is 0 Å². The van der Waals surface area contributed by atoms with Crippen LogP contribution >= 0.6 is 0 Å². The first kappa shape index (κ1) is 16.5. The molecule has 1 aromatic carbocycles. The maximum atomic E-state index is 12.3. The van der Waals surface area contributed by atoms with Crippen molar-refractivity contribution in [1.82, 2.24) is 4.90 Å². The lowest BCUT2D eigenvalue weighted by Crippen LogP contribution is -2.34. The fraction of sp³-hybridized carbons (Fsp3) is 0.556. The van der Waals surface area contributed by atoms with E-state index in [1.54, 1.807) is 7.11 Å². The lowest BCUT2D eigenvalue weighted by molar-refractivity contribution is -0.133. The summed E-state index contributed by atoms with van der Waals surface area (Å²) in [6, 6.07) is 8.13. The van der Waals surface area contributed by atoms with Crippen LogP contribution in [0.15, 0.2) is 24.3 Å². The molecule has 0 aliphatic carbocycles. The van der Waals surface area contributed by atoms with Crippen molar-refractivity contribution >= 4 is 11.7 Å². The molecule has 2 rings (SSSR count). The second-order valence-corrected chi connectivity index (χ2v) is 6.01. The Balaban J connectivity index is 2.02. The number of Topliss-reactive ketones (excluding diaryl/α,β-unsaturated/α-hetero) is 1. The molecule has 1 heterocycles. The Hall–Kier alpha value is -1.84. The number of ketones is 1. The largest absolute Gasteiger partial charge is 0.497 e. The van der Waals surface area contributed by atoms with Gasteiger partial charge in [-0.15, -0.1) is 0 Å². The molecule has 0 aromatic heterocycles. The molecule has 1 saturated heterocycles. The summed E-state index contributed by atoms with van der Waals surface area (Å²) in [7, 11) is 1.66. The maximum absolute atomic E-state index is 12.3. The minimum Gasteiger partial charge on any atom is -0.497 e. The van der Waals surface area contributed by atoms with E-state index in [4.69, 9.17) is 4.74 Å². The Morgan fingerprint density at radius 3 is 2.55 bits per heavy atom. The van der Waals surface area contributed by atoms with Crippen molar-refractivity contribution in [2.75, 3.05) is 20.2 Å². The van der Waals surface area contributed by atoms with Gasteiger partial charge < -0.3 is 14.4 Å². The molecule has 22 heavy (non-hydrogen) atoms. The van der Waals surface area contributed by atoms with E-state index in [9.17, 15) is 9.59 Å². The summed E-state index contributed by atoms with van der Waals surface area (Å²) in [5.41, 5.74) is 1.26. The molecule has 1 amide bonds. The van der Waals surface area contributed by atoms with Gasteiger partial charge in [0.25, 0.3) is 0 Å². The highest BCUT2D eigenvalue weighted by molar-refractivity contribution is 5.83. The predicted octanol–water partition coefficient (Wildman–Crippen LogP) is 3.16. The van der Waals surface area contributed by atoms with Gasteiger partial charge in [-0.1, -0.05) is 18.6 Å². The second-order valence-electron chi connectivity index (χ2n) is 6.01. The SMILES string of the molecule is COc1ccc(C2CCCCN(C(=O)CCC(C)=O)C2)cc1. The Morgan fingerprint density at radius 2 is 1.91 bits per heavy atom. The Kier molecular flexibility index (Phi) is 5.99. The topological polar surface area (TPSA) is 46.6 Å². The molecule has 0 saturated carbocycles. The highest BCUT2D eigenvalue weighted by Gasteiger charge is 2.23. The summed E-state index contributed by atoms with van der Waals surface area (Å²) in [5.74, 6) is 1.41. The molecular weight excluding hydrogens is 278 g/mol. The Labute approximate surface area is 132 Å². The van der Waals surface area contributed by atoms with E-state index in [0.29, 0.717) is 18.8 Å². The van der Waals surface area contributed by atoms with E-state index in [0.717, 1.165) is 38.1 Å². The number of benzene rings is 1. The van der Waals surface area contributed by atoms with Crippen LogP contribution < -0.4 is 4.74 Å². The molecule has 0 radical (unpaired) electrons. The van der Waals surface area contributed by atoms with Gasteiger partial charge in [0.05, 0.1) is 7.11 Å². The van der Waals surface area contributed by atoms with E-state index in [1.807, 2.05) is 17.0 Å². The minimum absolute atomic E-state index is 0.0786. The molecule has 1 atom stereocenters. The first-order chi connectivity index (χ1) is 10.6. The highest BCUT2D eigenvalue weighted by atomic mass is 16.5. The van der Waals surface area contributed by atoms with Gasteiger partial charge in [0, 0.05) is 31.8 Å². The lowest BCUT2D eigenvalue weighted by Gasteiger charge is -2.25. The number of nitrogens with zero attached hydrogens (tertiary/aromatic N) is 1. The zero-order valence-electron chi connectivity index (χ0n) is 13.5. The van der Waals surface area contributed by atoms with Crippen molar-refractivity contribution < 1.29 is 14.3 Å². The molecule has 0 N–H and O–H groups in total. The van der Waals surface area contributed by atoms with E-state index < -0.39 is 0 Å². The molecular formula is C18H25NO3. The number of methoxy groups -OCH3 is 1. The molecule has 1 fully saturated rings. The van der Waals surface area contributed by atoms with Crippen LogP contribution in [0.5, 0.6) is 5.75 Å². The normalized spacial score (nSPS) is 18.6. The van der Waals surface area contributed by atoms with Crippen LogP contribution in [0.1, 0.15) is 50.5 Å². The third-order valence-electron chi connectivity index (χ3n) is 4.30. The van der Waals surface area contributed by atoms with Crippen LogP contribution in [0.2, 0.25) is 0 Å². The third-order valence-corrected chi connectivity index (χ3v) is 4.30. The zero-order valence-corrected chi connectivity index (χ0v) is 13.5. The Bertz CT molecular complexity index is 510. The van der Waals surface area contributed by atoms with Crippen molar-refractivity contribution in [3.63, 3.8) is 0 Å². The summed E-state index contributed by atoms with van der Waals surface area (Å²) in [6.07, 6.45) is 3.96. The van der Waals surface area contributed by atoms with E-state index in [-0.39, 0.29) is 11.7 Å². The number of carbonyl (C=O) groups is 2. The zero-order chi connectivity index (χ0) is 15.9. The van der Waals surface area contributed by atoms with Gasteiger partial charge in [0.1, 0.15) is 11.5 Å². The van der Waals surface area contributed by atoms with Crippen LogP contribution in [0.4, 0.5) is 0 Å². The quantitative estimate of drug-likeness (QED) is 0.839. The van der Waals surface area contributed by atoms with Crippen LogP contribution in [0.25, 0.3) is 0 Å². The van der Waals surface area contributed by atoms with Crippen LogP contribution in [-0.4, -0.2) is 36.8 Å². The summed E-state index contributed by atoms with van der Waals surface area (Å²) in [6.45, 7) is 3.10.